The van der Waals surface area contributed by atoms with Crippen LogP contribution in [-0.4, -0.2) is 30.2 Å². The van der Waals surface area contributed by atoms with Crippen molar-refractivity contribution >= 4 is 29.0 Å². The van der Waals surface area contributed by atoms with Crippen LogP contribution >= 0.6 is 0 Å². The van der Waals surface area contributed by atoms with Gasteiger partial charge in [-0.25, -0.2) is 0 Å². The largest absolute Gasteiger partial charge is 0.484 e. The lowest BCUT2D eigenvalue weighted by Crippen LogP contribution is -2.41. The number of fused-ring (bicyclic) bond motifs is 1. The van der Waals surface area contributed by atoms with E-state index in [0.29, 0.717) is 22.7 Å². The van der Waals surface area contributed by atoms with Crippen molar-refractivity contribution in [3.8, 4) is 5.75 Å². The lowest BCUT2D eigenvalue weighted by molar-refractivity contribution is -0.121. The van der Waals surface area contributed by atoms with Gasteiger partial charge in [-0.2, -0.15) is 0 Å². The molecule has 134 valence electrons. The number of ketones is 1. The molecule has 6 heteroatoms. The second-order valence-electron chi connectivity index (χ2n) is 6.25. The Kier molecular flexibility index (Phi) is 5.02. The van der Waals surface area contributed by atoms with Gasteiger partial charge in [0.25, 0.3) is 5.91 Å². The van der Waals surface area contributed by atoms with Gasteiger partial charge < -0.3 is 15.0 Å². The molecule has 0 bridgehead atoms. The summed E-state index contributed by atoms with van der Waals surface area (Å²) in [7, 11) is 0. The van der Waals surface area contributed by atoms with Crippen molar-refractivity contribution in [3.05, 3.63) is 54.1 Å². The fourth-order valence-corrected chi connectivity index (χ4v) is 2.97. The number of hydrogen-bond donors (Lipinski definition) is 1. The molecule has 0 radical (unpaired) electrons. The van der Waals surface area contributed by atoms with Gasteiger partial charge in [0, 0.05) is 18.0 Å². The van der Waals surface area contributed by atoms with E-state index in [-0.39, 0.29) is 36.7 Å². The van der Waals surface area contributed by atoms with E-state index < -0.39 is 0 Å². The number of nitrogens with one attached hydrogen (secondary N) is 1. The van der Waals surface area contributed by atoms with E-state index in [9.17, 15) is 14.4 Å². The van der Waals surface area contributed by atoms with Crippen LogP contribution in [0.1, 0.15) is 30.6 Å². The molecule has 1 aliphatic heterocycles. The Morgan fingerprint density at radius 1 is 1.15 bits per heavy atom. The molecule has 2 aromatic carbocycles. The molecule has 3 rings (SSSR count). The van der Waals surface area contributed by atoms with Gasteiger partial charge in [0.1, 0.15) is 5.75 Å². The van der Waals surface area contributed by atoms with Crippen molar-refractivity contribution in [2.24, 2.45) is 0 Å². The van der Waals surface area contributed by atoms with Crippen molar-refractivity contribution in [2.45, 2.75) is 26.3 Å². The number of anilines is 2. The first-order valence-electron chi connectivity index (χ1n) is 8.40. The van der Waals surface area contributed by atoms with Gasteiger partial charge in [-0.15, -0.1) is 0 Å². The van der Waals surface area contributed by atoms with E-state index in [1.807, 2.05) is 19.1 Å². The number of benzene rings is 2. The zero-order valence-electron chi connectivity index (χ0n) is 14.7. The van der Waals surface area contributed by atoms with Crippen LogP contribution in [0, 0.1) is 0 Å². The first-order chi connectivity index (χ1) is 12.5. The number of carbonyl (C=O) groups excluding carboxylic acids is 3. The lowest BCUT2D eigenvalue weighted by Gasteiger charge is -2.27. The van der Waals surface area contributed by atoms with Crippen molar-refractivity contribution in [1.29, 1.82) is 0 Å². The molecular weight excluding hydrogens is 332 g/mol. The normalized spacial score (nSPS) is 16.3. The van der Waals surface area contributed by atoms with E-state index in [4.69, 9.17) is 4.74 Å². The first-order valence-corrected chi connectivity index (χ1v) is 8.40. The van der Waals surface area contributed by atoms with Gasteiger partial charge >= 0.3 is 0 Å². The predicted molar refractivity (Wildman–Crippen MR) is 98.6 cm³/mol. The molecule has 1 atom stereocenters. The second kappa shape index (κ2) is 7.39. The molecule has 0 spiro atoms. The number of Topliss-reactive ketones (excluding diaryl/α,β-unsaturated/α-hetero) is 1. The molecule has 1 heterocycles. The summed E-state index contributed by atoms with van der Waals surface area (Å²) in [4.78, 5) is 37.7. The fourth-order valence-electron chi connectivity index (χ4n) is 2.97. The average molecular weight is 352 g/mol. The highest BCUT2D eigenvalue weighted by Crippen LogP contribution is 2.31. The summed E-state index contributed by atoms with van der Waals surface area (Å²) in [6.07, 6.45) is 0.216. The maximum absolute atomic E-state index is 12.8. The van der Waals surface area contributed by atoms with Crippen LogP contribution in [0.4, 0.5) is 11.4 Å². The topological polar surface area (TPSA) is 75.7 Å². The molecule has 1 aliphatic rings. The highest BCUT2D eigenvalue weighted by atomic mass is 16.5. The zero-order valence-corrected chi connectivity index (χ0v) is 14.7. The molecule has 0 saturated carbocycles. The molecule has 0 unspecified atom stereocenters. The maximum Gasteiger partial charge on any atom is 0.265 e. The van der Waals surface area contributed by atoms with Crippen molar-refractivity contribution in [3.63, 3.8) is 0 Å². The van der Waals surface area contributed by atoms with Gasteiger partial charge in [0.15, 0.2) is 12.4 Å². The van der Waals surface area contributed by atoms with Crippen molar-refractivity contribution in [1.82, 2.24) is 0 Å². The minimum absolute atomic E-state index is 0.0280. The van der Waals surface area contributed by atoms with Crippen molar-refractivity contribution < 1.29 is 19.1 Å². The molecule has 2 aromatic rings. The van der Waals surface area contributed by atoms with Gasteiger partial charge in [0.2, 0.25) is 5.91 Å². The quantitative estimate of drug-likeness (QED) is 0.858. The Hall–Kier alpha value is -3.15. The summed E-state index contributed by atoms with van der Waals surface area (Å²) in [6.45, 7) is 3.17. The minimum atomic E-state index is -0.283. The first kappa shape index (κ1) is 17.7. The van der Waals surface area contributed by atoms with Crippen LogP contribution in [-0.2, 0) is 9.59 Å². The highest BCUT2D eigenvalue weighted by Gasteiger charge is 2.29. The van der Waals surface area contributed by atoms with Gasteiger partial charge in [0.05, 0.1) is 11.4 Å². The molecule has 0 aromatic heterocycles. The molecule has 0 saturated heterocycles. The Labute approximate surface area is 151 Å². The monoisotopic (exact) mass is 352 g/mol. The Bertz CT molecular complexity index is 845. The molecule has 1 N–H and O–H groups in total. The van der Waals surface area contributed by atoms with E-state index in [1.54, 1.807) is 41.3 Å². The number of para-hydroxylation sites is 2. The summed E-state index contributed by atoms with van der Waals surface area (Å²) >= 11 is 0. The molecule has 26 heavy (non-hydrogen) atoms. The van der Waals surface area contributed by atoms with Crippen LogP contribution in [0.2, 0.25) is 0 Å². The average Bonchev–Trinajstić information content (AvgIpc) is 2.74. The van der Waals surface area contributed by atoms with Crippen LogP contribution in [0.15, 0.2) is 48.5 Å². The Balaban J connectivity index is 1.76. The molecule has 2 amide bonds. The smallest absolute Gasteiger partial charge is 0.265 e. The number of nitrogens with zero attached hydrogens (tertiary/aromatic N) is 1. The highest BCUT2D eigenvalue weighted by molar-refractivity contribution is 6.04. The molecule has 0 fully saturated rings. The van der Waals surface area contributed by atoms with Crippen LogP contribution in [0.3, 0.4) is 0 Å². The summed E-state index contributed by atoms with van der Waals surface area (Å²) in [5, 5.41) is 2.82. The van der Waals surface area contributed by atoms with E-state index in [0.717, 1.165) is 0 Å². The molecular formula is C20H20N2O4. The van der Waals surface area contributed by atoms with Gasteiger partial charge in [-0.1, -0.05) is 12.1 Å². The number of ether oxygens (including phenoxy) is 1. The summed E-state index contributed by atoms with van der Waals surface area (Å²) < 4.78 is 5.58. The minimum Gasteiger partial charge on any atom is -0.484 e. The van der Waals surface area contributed by atoms with E-state index >= 15 is 0 Å². The fraction of sp³-hybridized carbons (Fsp3) is 0.250. The molecule has 6 nitrogen and oxygen atoms in total. The zero-order chi connectivity index (χ0) is 18.7. The number of carbonyl (C=O) groups is 3. The Morgan fingerprint density at radius 2 is 1.85 bits per heavy atom. The lowest BCUT2D eigenvalue weighted by atomic mass is 10.1. The van der Waals surface area contributed by atoms with Crippen LogP contribution in [0.25, 0.3) is 0 Å². The number of rotatable bonds is 4. The standard InChI is InChI=1S/C20H20N2O4/c1-13-11-19(24)21-17-5-3-4-6-18(17)22(13)20(25)12-26-16-9-7-15(8-10-16)14(2)23/h3-10,13H,11-12H2,1-2H3,(H,21,24)/t13-/m0/s1. The third kappa shape index (κ3) is 3.74. The summed E-state index contributed by atoms with van der Waals surface area (Å²) in [5.41, 5.74) is 1.86. The third-order valence-corrected chi connectivity index (χ3v) is 4.25. The van der Waals surface area contributed by atoms with Crippen LogP contribution in [0.5, 0.6) is 5.75 Å². The van der Waals surface area contributed by atoms with Crippen molar-refractivity contribution in [2.75, 3.05) is 16.8 Å². The van der Waals surface area contributed by atoms with Gasteiger partial charge in [-0.05, 0) is 50.2 Å². The number of hydrogen-bond acceptors (Lipinski definition) is 4. The molecule has 0 aliphatic carbocycles. The van der Waals surface area contributed by atoms with E-state index in [1.165, 1.54) is 6.92 Å². The van der Waals surface area contributed by atoms with Gasteiger partial charge in [-0.3, -0.25) is 14.4 Å². The summed E-state index contributed by atoms with van der Waals surface area (Å²) in [5.74, 6) is 0.117. The predicted octanol–water partition coefficient (Wildman–Crippen LogP) is 3.03. The SMILES string of the molecule is CC(=O)c1ccc(OCC(=O)N2c3ccccc3NC(=O)C[C@@H]2C)cc1. The number of amides is 2. The second-order valence-corrected chi connectivity index (χ2v) is 6.25. The summed E-state index contributed by atoms with van der Waals surface area (Å²) in [6, 6.07) is 13.6. The van der Waals surface area contributed by atoms with Crippen LogP contribution < -0.4 is 15.0 Å². The third-order valence-electron chi connectivity index (χ3n) is 4.25. The Morgan fingerprint density at radius 3 is 2.54 bits per heavy atom. The maximum atomic E-state index is 12.8. The van der Waals surface area contributed by atoms with E-state index in [2.05, 4.69) is 5.32 Å².